The van der Waals surface area contributed by atoms with E-state index in [0.29, 0.717) is 0 Å². The summed E-state index contributed by atoms with van der Waals surface area (Å²) >= 11 is 0. The van der Waals surface area contributed by atoms with Crippen molar-refractivity contribution in [2.45, 2.75) is 13.3 Å². The molecule has 0 fully saturated rings. The Bertz CT molecular complexity index is 441. The first-order valence-electron chi connectivity index (χ1n) is 4.45. The van der Waals surface area contributed by atoms with Crippen molar-refractivity contribution in [3.8, 4) is 6.07 Å². The minimum absolute atomic E-state index is 0.0848. The number of hydrogen-bond acceptors (Lipinski definition) is 4. The Kier molecular flexibility index (Phi) is 3.89. The first-order valence-corrected chi connectivity index (χ1v) is 4.45. The number of alkyl halides is 2. The predicted octanol–water partition coefficient (Wildman–Crippen LogP) is 2.07. The Balaban J connectivity index is 3.19. The molecule has 1 heterocycles. The summed E-state index contributed by atoms with van der Waals surface area (Å²) in [4.78, 5) is 14.8. The molecule has 0 aliphatic rings. The van der Waals surface area contributed by atoms with Crippen LogP contribution >= 0.6 is 0 Å². The van der Waals surface area contributed by atoms with Gasteiger partial charge in [0.25, 0.3) is 6.43 Å². The molecule has 1 aromatic heterocycles. The third-order valence-corrected chi connectivity index (χ3v) is 1.78. The molecular formula is C10H8F2N2O2. The fourth-order valence-corrected chi connectivity index (χ4v) is 1.09. The highest BCUT2D eigenvalue weighted by molar-refractivity contribution is 5.90. The van der Waals surface area contributed by atoms with Crippen molar-refractivity contribution < 1.29 is 18.3 Å². The highest BCUT2D eigenvalue weighted by atomic mass is 19.3. The molecule has 0 aromatic carbocycles. The molecule has 84 valence electrons. The fourth-order valence-electron chi connectivity index (χ4n) is 1.09. The van der Waals surface area contributed by atoms with E-state index in [1.54, 1.807) is 13.0 Å². The molecule has 0 saturated carbocycles. The molecule has 6 heteroatoms. The maximum absolute atomic E-state index is 12.6. The summed E-state index contributed by atoms with van der Waals surface area (Å²) in [6, 6.07) is 2.51. The molecule has 1 rings (SSSR count). The van der Waals surface area contributed by atoms with Gasteiger partial charge in [-0.05, 0) is 13.0 Å². The first kappa shape index (κ1) is 12.0. The number of aromatic nitrogens is 1. The lowest BCUT2D eigenvalue weighted by molar-refractivity contribution is 0.0515. The molecule has 0 atom stereocenters. The Morgan fingerprint density at radius 3 is 2.88 bits per heavy atom. The van der Waals surface area contributed by atoms with Crippen LogP contribution in [0.4, 0.5) is 8.78 Å². The van der Waals surface area contributed by atoms with Gasteiger partial charge in [0, 0.05) is 11.8 Å². The smallest absolute Gasteiger partial charge is 0.340 e. The lowest BCUT2D eigenvalue weighted by Gasteiger charge is -2.07. The van der Waals surface area contributed by atoms with Crippen LogP contribution in [0.2, 0.25) is 0 Å². The number of esters is 1. The summed E-state index contributed by atoms with van der Waals surface area (Å²) < 4.78 is 29.8. The topological polar surface area (TPSA) is 63.0 Å². The van der Waals surface area contributed by atoms with Crippen molar-refractivity contribution in [3.63, 3.8) is 0 Å². The maximum atomic E-state index is 12.6. The molecule has 0 bridgehead atoms. The maximum Gasteiger partial charge on any atom is 0.340 e. The second-order valence-electron chi connectivity index (χ2n) is 2.79. The number of nitriles is 1. The zero-order valence-corrected chi connectivity index (χ0v) is 8.41. The lowest BCUT2D eigenvalue weighted by atomic mass is 10.1. The number of nitrogens with zero attached hydrogens (tertiary/aromatic N) is 2. The van der Waals surface area contributed by atoms with Crippen LogP contribution in [0.1, 0.15) is 35.0 Å². The Morgan fingerprint density at radius 2 is 2.38 bits per heavy atom. The monoisotopic (exact) mass is 226 g/mol. The summed E-state index contributed by atoms with van der Waals surface area (Å²) in [7, 11) is 0. The van der Waals surface area contributed by atoms with E-state index in [0.717, 1.165) is 12.3 Å². The molecule has 0 N–H and O–H groups in total. The van der Waals surface area contributed by atoms with E-state index in [-0.39, 0.29) is 17.9 Å². The molecule has 16 heavy (non-hydrogen) atoms. The van der Waals surface area contributed by atoms with E-state index >= 15 is 0 Å². The molecule has 0 radical (unpaired) electrons. The summed E-state index contributed by atoms with van der Waals surface area (Å²) in [5.74, 6) is -0.866. The number of carbonyl (C=O) groups excluding carboxylic acids is 1. The van der Waals surface area contributed by atoms with Crippen molar-refractivity contribution in [2.75, 3.05) is 6.61 Å². The third-order valence-electron chi connectivity index (χ3n) is 1.78. The summed E-state index contributed by atoms with van der Waals surface area (Å²) in [6.07, 6.45) is -1.92. The molecule has 0 saturated heterocycles. The van der Waals surface area contributed by atoms with Crippen LogP contribution in [0.25, 0.3) is 0 Å². The summed E-state index contributed by atoms with van der Waals surface area (Å²) in [5.41, 5.74) is -1.01. The molecule has 0 unspecified atom stereocenters. The molecule has 1 aromatic rings. The van der Waals surface area contributed by atoms with Crippen molar-refractivity contribution in [2.24, 2.45) is 0 Å². The molecular weight excluding hydrogens is 218 g/mol. The lowest BCUT2D eigenvalue weighted by Crippen LogP contribution is -2.09. The highest BCUT2D eigenvalue weighted by Crippen LogP contribution is 2.23. The largest absolute Gasteiger partial charge is 0.462 e. The van der Waals surface area contributed by atoms with E-state index in [9.17, 15) is 13.6 Å². The summed E-state index contributed by atoms with van der Waals surface area (Å²) in [6.45, 7) is 1.65. The summed E-state index contributed by atoms with van der Waals surface area (Å²) in [5, 5.41) is 8.50. The Labute approximate surface area is 90.5 Å². The average Bonchev–Trinajstić information content (AvgIpc) is 2.28. The molecule has 4 nitrogen and oxygen atoms in total. The number of halogens is 2. The van der Waals surface area contributed by atoms with Gasteiger partial charge in [0.15, 0.2) is 0 Å². The number of carbonyl (C=O) groups is 1. The fraction of sp³-hybridized carbons (Fsp3) is 0.300. The van der Waals surface area contributed by atoms with Crippen molar-refractivity contribution >= 4 is 5.97 Å². The van der Waals surface area contributed by atoms with Gasteiger partial charge in [-0.3, -0.25) is 0 Å². The van der Waals surface area contributed by atoms with Crippen molar-refractivity contribution in [1.82, 2.24) is 4.98 Å². The zero-order chi connectivity index (χ0) is 12.1. The average molecular weight is 226 g/mol. The number of ether oxygens (including phenoxy) is 1. The number of pyridine rings is 1. The second-order valence-corrected chi connectivity index (χ2v) is 2.79. The van der Waals surface area contributed by atoms with E-state index < -0.39 is 18.0 Å². The van der Waals surface area contributed by atoms with Gasteiger partial charge in [0.05, 0.1) is 12.2 Å². The Hall–Kier alpha value is -2.03. The minimum Gasteiger partial charge on any atom is -0.462 e. The molecule has 0 amide bonds. The quantitative estimate of drug-likeness (QED) is 0.740. The van der Waals surface area contributed by atoms with E-state index in [1.165, 1.54) is 0 Å². The van der Waals surface area contributed by atoms with Gasteiger partial charge in [0.1, 0.15) is 11.8 Å². The standard InChI is InChI=1S/C10H8F2N2O2/c1-2-16-10(15)8-5-14-6(4-13)3-7(8)9(11)12/h3,5,9H,2H2,1H3. The third kappa shape index (κ3) is 2.51. The van der Waals surface area contributed by atoms with Crippen LogP contribution in [0.15, 0.2) is 12.3 Å². The van der Waals surface area contributed by atoms with E-state index in [2.05, 4.69) is 9.72 Å². The van der Waals surface area contributed by atoms with Gasteiger partial charge in [-0.15, -0.1) is 0 Å². The number of rotatable bonds is 3. The number of hydrogen-bond donors (Lipinski definition) is 0. The Morgan fingerprint density at radius 1 is 1.69 bits per heavy atom. The van der Waals surface area contributed by atoms with Gasteiger partial charge >= 0.3 is 5.97 Å². The first-order chi connectivity index (χ1) is 7.60. The highest BCUT2D eigenvalue weighted by Gasteiger charge is 2.20. The molecule has 0 aliphatic heterocycles. The van der Waals surface area contributed by atoms with Crippen LogP contribution in [0.3, 0.4) is 0 Å². The normalized spacial score (nSPS) is 9.94. The van der Waals surface area contributed by atoms with Gasteiger partial charge in [0.2, 0.25) is 0 Å². The van der Waals surface area contributed by atoms with Crippen LogP contribution in [0, 0.1) is 11.3 Å². The van der Waals surface area contributed by atoms with Gasteiger partial charge in [-0.2, -0.15) is 5.26 Å². The van der Waals surface area contributed by atoms with Crippen LogP contribution in [0.5, 0.6) is 0 Å². The van der Waals surface area contributed by atoms with Gasteiger partial charge in [-0.25, -0.2) is 18.6 Å². The minimum atomic E-state index is -2.85. The van der Waals surface area contributed by atoms with Crippen molar-refractivity contribution in [1.29, 1.82) is 5.26 Å². The van der Waals surface area contributed by atoms with Gasteiger partial charge in [-0.1, -0.05) is 0 Å². The van der Waals surface area contributed by atoms with Gasteiger partial charge < -0.3 is 4.74 Å². The van der Waals surface area contributed by atoms with Crippen LogP contribution in [-0.4, -0.2) is 17.6 Å². The van der Waals surface area contributed by atoms with E-state index in [1.807, 2.05) is 0 Å². The SMILES string of the molecule is CCOC(=O)c1cnc(C#N)cc1C(F)F. The van der Waals surface area contributed by atoms with E-state index in [4.69, 9.17) is 5.26 Å². The van der Waals surface area contributed by atoms with Crippen LogP contribution < -0.4 is 0 Å². The van der Waals surface area contributed by atoms with Crippen molar-refractivity contribution in [3.05, 3.63) is 29.1 Å². The zero-order valence-electron chi connectivity index (χ0n) is 8.41. The molecule has 0 spiro atoms. The van der Waals surface area contributed by atoms with Crippen LogP contribution in [-0.2, 0) is 4.74 Å². The predicted molar refractivity (Wildman–Crippen MR) is 49.9 cm³/mol. The molecule has 0 aliphatic carbocycles. The second kappa shape index (κ2) is 5.16.